The van der Waals surface area contributed by atoms with Gasteiger partial charge in [0.2, 0.25) is 5.91 Å². The first kappa shape index (κ1) is 28.2. The van der Waals surface area contributed by atoms with Gasteiger partial charge in [0.1, 0.15) is 17.4 Å². The standard InChI is InChI=1S/C27H22ClN5O4.ClH/c1-14-8-9-37-24(14)27(36)33-25-21(13-29)20(12-22(32-25)19-7-6-17(28)11-23(19)34)16-4-3-5-18(10-16)31-26(35)15(2)30;/h3-12,15,34H,30H2,1-2H3,(H,31,35)(H,32,33,36);1H. The molecule has 1 atom stereocenters. The second-order valence-corrected chi connectivity index (χ2v) is 8.73. The summed E-state index contributed by atoms with van der Waals surface area (Å²) in [5.74, 6) is -1.05. The molecule has 0 aliphatic carbocycles. The van der Waals surface area contributed by atoms with Crippen LogP contribution in [0.3, 0.4) is 0 Å². The molecule has 2 aromatic heterocycles. The van der Waals surface area contributed by atoms with Gasteiger partial charge in [-0.3, -0.25) is 9.59 Å². The van der Waals surface area contributed by atoms with Gasteiger partial charge in [-0.1, -0.05) is 23.7 Å². The number of aromatic nitrogens is 1. The number of nitrogens with one attached hydrogen (secondary N) is 2. The molecule has 1 unspecified atom stereocenters. The summed E-state index contributed by atoms with van der Waals surface area (Å²) >= 11 is 6.00. The van der Waals surface area contributed by atoms with Crippen molar-refractivity contribution in [3.8, 4) is 34.2 Å². The molecule has 194 valence electrons. The summed E-state index contributed by atoms with van der Waals surface area (Å²) in [6, 6.07) is 16.0. The largest absolute Gasteiger partial charge is 0.507 e. The molecule has 11 heteroatoms. The summed E-state index contributed by atoms with van der Waals surface area (Å²) in [7, 11) is 0. The normalized spacial score (nSPS) is 11.1. The van der Waals surface area contributed by atoms with E-state index in [9.17, 15) is 20.0 Å². The van der Waals surface area contributed by atoms with Crippen LogP contribution >= 0.6 is 24.0 Å². The summed E-state index contributed by atoms with van der Waals surface area (Å²) in [5.41, 5.74) is 8.39. The number of aromatic hydroxyl groups is 1. The number of phenols is 1. The molecule has 0 radical (unpaired) electrons. The average molecular weight is 552 g/mol. The number of nitrogens with zero attached hydrogens (tertiary/aromatic N) is 2. The van der Waals surface area contributed by atoms with Crippen molar-refractivity contribution in [1.82, 2.24) is 4.98 Å². The Morgan fingerprint density at radius 2 is 1.89 bits per heavy atom. The Hall–Kier alpha value is -4.36. The monoisotopic (exact) mass is 551 g/mol. The predicted molar refractivity (Wildman–Crippen MR) is 147 cm³/mol. The molecule has 0 saturated carbocycles. The fraction of sp³-hybridized carbons (Fsp3) is 0.111. The van der Waals surface area contributed by atoms with E-state index in [-0.39, 0.29) is 46.9 Å². The Balaban J connectivity index is 0.00000400. The maximum absolute atomic E-state index is 12.9. The number of anilines is 2. The van der Waals surface area contributed by atoms with Gasteiger partial charge in [0.15, 0.2) is 11.6 Å². The van der Waals surface area contributed by atoms with E-state index in [4.69, 9.17) is 21.8 Å². The number of aryl methyl sites for hydroxylation is 1. The number of halogens is 2. The van der Waals surface area contributed by atoms with Crippen LogP contribution in [0.15, 0.2) is 65.3 Å². The quantitative estimate of drug-likeness (QED) is 0.246. The molecule has 4 rings (SSSR count). The summed E-state index contributed by atoms with van der Waals surface area (Å²) in [5, 5.41) is 26.3. The number of benzene rings is 2. The minimum absolute atomic E-state index is 0. The highest BCUT2D eigenvalue weighted by atomic mass is 35.5. The van der Waals surface area contributed by atoms with Crippen LogP contribution in [0, 0.1) is 18.3 Å². The van der Waals surface area contributed by atoms with Gasteiger partial charge in [0.05, 0.1) is 18.0 Å². The molecule has 0 bridgehead atoms. The Morgan fingerprint density at radius 3 is 2.53 bits per heavy atom. The van der Waals surface area contributed by atoms with Crippen molar-refractivity contribution in [2.24, 2.45) is 5.73 Å². The third kappa shape index (κ3) is 5.95. The first-order valence-electron chi connectivity index (χ1n) is 11.1. The smallest absolute Gasteiger partial charge is 0.292 e. The zero-order valence-electron chi connectivity index (χ0n) is 20.3. The number of nitrogens with two attached hydrogens (primary N) is 1. The van der Waals surface area contributed by atoms with E-state index in [1.165, 1.54) is 12.3 Å². The van der Waals surface area contributed by atoms with E-state index >= 15 is 0 Å². The summed E-state index contributed by atoms with van der Waals surface area (Å²) in [6.07, 6.45) is 1.39. The molecular weight excluding hydrogens is 529 g/mol. The van der Waals surface area contributed by atoms with E-state index in [0.717, 1.165) is 0 Å². The highest BCUT2D eigenvalue weighted by Crippen LogP contribution is 2.37. The van der Waals surface area contributed by atoms with Crippen molar-refractivity contribution in [2.75, 3.05) is 10.6 Å². The van der Waals surface area contributed by atoms with Crippen LogP contribution in [0.1, 0.15) is 28.6 Å². The summed E-state index contributed by atoms with van der Waals surface area (Å²) in [4.78, 5) is 29.5. The Morgan fingerprint density at radius 1 is 1.13 bits per heavy atom. The Kier molecular flexibility index (Phi) is 8.76. The number of furan rings is 1. The number of hydrogen-bond donors (Lipinski definition) is 4. The lowest BCUT2D eigenvalue weighted by atomic mass is 9.97. The summed E-state index contributed by atoms with van der Waals surface area (Å²) < 4.78 is 5.28. The first-order chi connectivity index (χ1) is 17.7. The molecule has 0 aliphatic rings. The van der Waals surface area contributed by atoms with Gasteiger partial charge in [0, 0.05) is 27.4 Å². The highest BCUT2D eigenvalue weighted by Gasteiger charge is 2.21. The van der Waals surface area contributed by atoms with Gasteiger partial charge in [-0.25, -0.2) is 4.98 Å². The second-order valence-electron chi connectivity index (χ2n) is 8.30. The predicted octanol–water partition coefficient (Wildman–Crippen LogP) is 5.51. The molecule has 2 heterocycles. The number of pyridine rings is 1. The number of rotatable bonds is 6. The van der Waals surface area contributed by atoms with Gasteiger partial charge in [0.25, 0.3) is 5.91 Å². The minimum Gasteiger partial charge on any atom is -0.507 e. The van der Waals surface area contributed by atoms with Gasteiger partial charge in [-0.2, -0.15) is 5.26 Å². The minimum atomic E-state index is -0.717. The lowest BCUT2D eigenvalue weighted by Gasteiger charge is -2.15. The van der Waals surface area contributed by atoms with Crippen molar-refractivity contribution in [3.05, 3.63) is 82.8 Å². The van der Waals surface area contributed by atoms with Crippen LogP contribution in [0.2, 0.25) is 5.02 Å². The summed E-state index contributed by atoms with van der Waals surface area (Å²) in [6.45, 7) is 3.28. The van der Waals surface area contributed by atoms with Crippen LogP contribution < -0.4 is 16.4 Å². The number of carbonyl (C=O) groups excluding carboxylic acids is 2. The molecule has 9 nitrogen and oxygen atoms in total. The van der Waals surface area contributed by atoms with E-state index in [0.29, 0.717) is 33.0 Å². The van der Waals surface area contributed by atoms with Crippen molar-refractivity contribution in [3.63, 3.8) is 0 Å². The zero-order valence-corrected chi connectivity index (χ0v) is 21.9. The van der Waals surface area contributed by atoms with Crippen LogP contribution in [0.5, 0.6) is 5.75 Å². The highest BCUT2D eigenvalue weighted by molar-refractivity contribution is 6.30. The van der Waals surface area contributed by atoms with Crippen molar-refractivity contribution >= 4 is 47.3 Å². The number of amides is 2. The number of phenolic OH excluding ortho intramolecular Hbond substituents is 1. The maximum Gasteiger partial charge on any atom is 0.292 e. The van der Waals surface area contributed by atoms with Crippen molar-refractivity contribution < 1.29 is 19.1 Å². The lowest BCUT2D eigenvalue weighted by molar-refractivity contribution is -0.117. The fourth-order valence-electron chi connectivity index (χ4n) is 3.63. The lowest BCUT2D eigenvalue weighted by Crippen LogP contribution is -2.32. The molecule has 0 aliphatic heterocycles. The van der Waals surface area contributed by atoms with Gasteiger partial charge in [-0.05, 0) is 61.9 Å². The topological polar surface area (TPSA) is 154 Å². The van der Waals surface area contributed by atoms with E-state index in [1.54, 1.807) is 62.4 Å². The number of carbonyl (C=O) groups is 2. The molecule has 0 spiro atoms. The van der Waals surface area contributed by atoms with E-state index in [2.05, 4.69) is 21.7 Å². The second kappa shape index (κ2) is 11.8. The van der Waals surface area contributed by atoms with Crippen molar-refractivity contribution in [1.29, 1.82) is 5.26 Å². The molecular formula is C27H23Cl2N5O4. The average Bonchev–Trinajstić information content (AvgIpc) is 3.29. The number of hydrogen-bond acceptors (Lipinski definition) is 7. The molecule has 2 amide bonds. The van der Waals surface area contributed by atoms with Gasteiger partial charge >= 0.3 is 0 Å². The van der Waals surface area contributed by atoms with Gasteiger partial charge in [-0.15, -0.1) is 12.4 Å². The Bertz CT molecular complexity index is 1560. The first-order valence-corrected chi connectivity index (χ1v) is 11.5. The van der Waals surface area contributed by atoms with Crippen LogP contribution in [-0.4, -0.2) is 27.9 Å². The molecule has 5 N–H and O–H groups in total. The van der Waals surface area contributed by atoms with Crippen LogP contribution in [0.4, 0.5) is 11.5 Å². The van der Waals surface area contributed by atoms with Crippen LogP contribution in [-0.2, 0) is 4.79 Å². The maximum atomic E-state index is 12.9. The molecule has 4 aromatic rings. The SMILES string of the molecule is Cc1ccoc1C(=O)Nc1nc(-c2ccc(Cl)cc2O)cc(-c2cccc(NC(=O)C(C)N)c2)c1C#N.Cl. The molecule has 0 saturated heterocycles. The molecule has 38 heavy (non-hydrogen) atoms. The Labute approximate surface area is 229 Å². The fourth-order valence-corrected chi connectivity index (χ4v) is 3.79. The third-order valence-corrected chi connectivity index (χ3v) is 5.76. The van der Waals surface area contributed by atoms with E-state index in [1.807, 2.05) is 0 Å². The number of nitriles is 1. The van der Waals surface area contributed by atoms with Gasteiger partial charge < -0.3 is 25.9 Å². The van der Waals surface area contributed by atoms with Crippen LogP contribution in [0.25, 0.3) is 22.4 Å². The molecule has 2 aromatic carbocycles. The van der Waals surface area contributed by atoms with Crippen molar-refractivity contribution in [2.45, 2.75) is 19.9 Å². The third-order valence-electron chi connectivity index (χ3n) is 5.52. The van der Waals surface area contributed by atoms with E-state index < -0.39 is 11.9 Å². The zero-order chi connectivity index (χ0) is 26.7. The molecule has 0 fully saturated rings.